The van der Waals surface area contributed by atoms with E-state index in [1.54, 1.807) is 24.6 Å². The Morgan fingerprint density at radius 2 is 1.52 bits per heavy atom. The van der Waals surface area contributed by atoms with Gasteiger partial charge in [-0.1, -0.05) is 64.7 Å². The van der Waals surface area contributed by atoms with Crippen molar-refractivity contribution in [1.82, 2.24) is 19.5 Å². The van der Waals surface area contributed by atoms with E-state index in [1.807, 2.05) is 0 Å². The number of ether oxygens (including phenoxy) is 3. The van der Waals surface area contributed by atoms with E-state index in [9.17, 15) is 18.7 Å². The highest BCUT2D eigenvalue weighted by molar-refractivity contribution is 7.79. The fraction of sp³-hybridized carbons (Fsp3) is 0.774. The third-order valence-electron chi connectivity index (χ3n) is 7.91. The Kier molecular flexibility index (Phi) is 15.0. The lowest BCUT2D eigenvalue weighted by molar-refractivity contribution is -0.165. The summed E-state index contributed by atoms with van der Waals surface area (Å²) in [6.45, 7) is 10.3. The summed E-state index contributed by atoms with van der Waals surface area (Å²) in [6.07, 6.45) is 10.6. The van der Waals surface area contributed by atoms with Gasteiger partial charge in [0.05, 0.1) is 26.5 Å². The number of hydrogen-bond acceptors (Lipinski definition) is 11. The number of imidazole rings is 1. The van der Waals surface area contributed by atoms with Crippen molar-refractivity contribution in [2.75, 3.05) is 43.9 Å². The second-order valence-corrected chi connectivity index (χ2v) is 20.7. The summed E-state index contributed by atoms with van der Waals surface area (Å²) in [5, 5.41) is 3.34. The van der Waals surface area contributed by atoms with Crippen LogP contribution in [0.4, 0.5) is 5.82 Å². The van der Waals surface area contributed by atoms with Gasteiger partial charge in [-0.15, -0.1) is 0 Å². The predicted octanol–water partition coefficient (Wildman–Crippen LogP) is 7.54. The molecule has 0 bridgehead atoms. The van der Waals surface area contributed by atoms with Crippen LogP contribution in [0.3, 0.4) is 0 Å². The van der Waals surface area contributed by atoms with Gasteiger partial charge in [0.2, 0.25) is 5.28 Å². The number of nitrogens with zero attached hydrogens (tertiary/aromatic N) is 4. The van der Waals surface area contributed by atoms with Gasteiger partial charge in [-0.3, -0.25) is 14.2 Å². The number of halogens is 1. The summed E-state index contributed by atoms with van der Waals surface area (Å²) < 4.78 is 44.9. The highest BCUT2D eigenvalue weighted by Gasteiger charge is 2.50. The first-order valence-corrected chi connectivity index (χ1v) is 22.1. The zero-order valence-corrected chi connectivity index (χ0v) is 30.8. The lowest BCUT2D eigenvalue weighted by Crippen LogP contribution is -2.39. The van der Waals surface area contributed by atoms with Crippen molar-refractivity contribution in [2.24, 2.45) is 0 Å². The Morgan fingerprint density at radius 1 is 0.935 bits per heavy atom. The number of fused-ring (bicyclic) bond motifs is 1. The van der Waals surface area contributed by atoms with Crippen LogP contribution < -0.4 is 5.32 Å². The van der Waals surface area contributed by atoms with Crippen LogP contribution in [0.1, 0.15) is 97.6 Å². The van der Waals surface area contributed by atoms with Crippen molar-refractivity contribution in [2.45, 2.75) is 116 Å². The summed E-state index contributed by atoms with van der Waals surface area (Å²) >= 11 is 6.35. The molecule has 12 nitrogen and oxygen atoms in total. The van der Waals surface area contributed by atoms with Gasteiger partial charge in [-0.05, 0) is 44.4 Å². The monoisotopic (exact) mass is 703 g/mol. The van der Waals surface area contributed by atoms with Crippen LogP contribution in [-0.2, 0) is 32.9 Å². The molecule has 0 amide bonds. The van der Waals surface area contributed by atoms with Crippen LogP contribution in [-0.4, -0.2) is 88.4 Å². The molecule has 5 atom stereocenters. The van der Waals surface area contributed by atoms with Crippen molar-refractivity contribution in [3.05, 3.63) is 11.6 Å². The molecule has 0 aromatic carbocycles. The molecule has 1 fully saturated rings. The maximum Gasteiger partial charge on any atom is 0.303 e. The molecule has 260 valence electrons. The Balaban J connectivity index is 1.74. The van der Waals surface area contributed by atoms with Gasteiger partial charge >= 0.3 is 11.9 Å². The van der Waals surface area contributed by atoms with Crippen molar-refractivity contribution in [1.29, 1.82) is 0 Å². The molecule has 1 N–H and O–H groups in total. The number of anilines is 1. The zero-order chi connectivity index (χ0) is 33.9. The molecule has 0 spiro atoms. The fourth-order valence-corrected chi connectivity index (χ4v) is 13.3. The van der Waals surface area contributed by atoms with Crippen LogP contribution in [0, 0.1) is 0 Å². The summed E-state index contributed by atoms with van der Waals surface area (Å²) in [7, 11) is -5.32. The molecule has 0 radical (unpaired) electrons. The van der Waals surface area contributed by atoms with Gasteiger partial charge < -0.3 is 28.7 Å². The molecule has 46 heavy (non-hydrogen) atoms. The average molecular weight is 704 g/mol. The minimum Gasteiger partial charge on any atom is -0.456 e. The van der Waals surface area contributed by atoms with Crippen molar-refractivity contribution in [3.8, 4) is 0 Å². The number of aromatic nitrogens is 4. The van der Waals surface area contributed by atoms with Gasteiger partial charge in [-0.25, -0.2) is 4.98 Å². The molecule has 1 aliphatic heterocycles. The Labute approximate surface area is 278 Å². The maximum atomic E-state index is 13.3. The van der Waals surface area contributed by atoms with E-state index in [-0.39, 0.29) is 23.8 Å². The maximum absolute atomic E-state index is 13.3. The molecule has 1 aliphatic rings. The van der Waals surface area contributed by atoms with Crippen LogP contribution >= 0.6 is 25.9 Å². The third kappa shape index (κ3) is 12.2. The molecule has 1 saturated heterocycles. The van der Waals surface area contributed by atoms with Crippen LogP contribution in [0.25, 0.3) is 11.2 Å². The molecule has 15 heteroatoms. The van der Waals surface area contributed by atoms with E-state index in [2.05, 4.69) is 27.2 Å². The molecule has 2 unspecified atom stereocenters. The molecule has 3 rings (SSSR count). The average Bonchev–Trinajstić information content (AvgIpc) is 3.49. The standard InChI is InChI=1S/C31H52ClN5O7P2/c1-7-8-9-10-11-12-13-14-15-16-18-33-28-25-29(36-31(32)35-28)37(20-34-25)30-27(43-23(3)39)26(42-22(2)38)24(44-30)17-19-46(6,41)21-45(4,5)40/h20,24,26-27,30H,7-19,21H2,1-6H3,(H,33,35,36)/t24-,26?,27+,30-,46?/m1/s1. The van der Waals surface area contributed by atoms with Crippen LogP contribution in [0.15, 0.2) is 6.33 Å². The number of rotatable bonds is 20. The van der Waals surface area contributed by atoms with Gasteiger partial charge in [0.15, 0.2) is 35.4 Å². The second kappa shape index (κ2) is 18.0. The first-order chi connectivity index (χ1) is 21.7. The molecular formula is C31H52ClN5O7P2. The van der Waals surface area contributed by atoms with Crippen molar-refractivity contribution >= 4 is 54.8 Å². The third-order valence-corrected chi connectivity index (χ3v) is 14.4. The summed E-state index contributed by atoms with van der Waals surface area (Å²) in [5.41, 5.74) is 0.822. The zero-order valence-electron chi connectivity index (χ0n) is 28.2. The molecule has 3 heterocycles. The minimum absolute atomic E-state index is 0.00502. The first-order valence-electron chi connectivity index (χ1n) is 16.4. The highest BCUT2D eigenvalue weighted by Crippen LogP contribution is 2.56. The molecular weight excluding hydrogens is 652 g/mol. The van der Waals surface area contributed by atoms with E-state index < -0.39 is 50.8 Å². The number of esters is 2. The second-order valence-electron chi connectivity index (χ2n) is 13.0. The molecule has 2 aromatic heterocycles. The normalized spacial score (nSPS) is 21.3. The number of unbranched alkanes of at least 4 members (excludes halogenated alkanes) is 9. The molecule has 0 saturated carbocycles. The lowest BCUT2D eigenvalue weighted by Gasteiger charge is -2.24. The smallest absolute Gasteiger partial charge is 0.303 e. The van der Waals surface area contributed by atoms with E-state index in [4.69, 9.17) is 25.8 Å². The summed E-state index contributed by atoms with van der Waals surface area (Å²) in [6, 6.07) is 0. The molecule has 0 aliphatic carbocycles. The van der Waals surface area contributed by atoms with Crippen LogP contribution in [0.5, 0.6) is 0 Å². The Hall–Kier alpha value is -2.00. The van der Waals surface area contributed by atoms with Gasteiger partial charge in [0, 0.05) is 26.6 Å². The Bertz CT molecular complexity index is 1400. The Morgan fingerprint density at radius 3 is 2.11 bits per heavy atom. The van der Waals surface area contributed by atoms with Gasteiger partial charge in [0.1, 0.15) is 6.10 Å². The van der Waals surface area contributed by atoms with Crippen molar-refractivity contribution < 1.29 is 32.9 Å². The van der Waals surface area contributed by atoms with Crippen molar-refractivity contribution in [3.63, 3.8) is 0 Å². The van der Waals surface area contributed by atoms with Gasteiger partial charge in [0.25, 0.3) is 0 Å². The topological polar surface area (TPSA) is 152 Å². The van der Waals surface area contributed by atoms with Crippen LogP contribution in [0.2, 0.25) is 5.28 Å². The quantitative estimate of drug-likeness (QED) is 0.0630. The fourth-order valence-electron chi connectivity index (χ4n) is 6.03. The number of carbonyl (C=O) groups is 2. The first kappa shape index (κ1) is 38.4. The summed E-state index contributed by atoms with van der Waals surface area (Å²) in [4.78, 5) is 37.6. The molecule has 2 aromatic rings. The highest BCUT2D eigenvalue weighted by atomic mass is 35.5. The SMILES string of the molecule is CCCCCCCCCCCCNc1nc(Cl)nc2c1ncn2[C@@H]1O[C@H](CCP(C)(=O)CP(C)(C)=O)C(OC(C)=O)[C@@H]1OC(C)=O. The van der Waals surface area contributed by atoms with E-state index in [0.717, 1.165) is 12.8 Å². The number of hydrogen-bond donors (Lipinski definition) is 1. The lowest BCUT2D eigenvalue weighted by atomic mass is 10.1. The summed E-state index contributed by atoms with van der Waals surface area (Å²) in [5.74, 6) is -0.568. The number of nitrogens with one attached hydrogen (secondary N) is 1. The largest absolute Gasteiger partial charge is 0.456 e. The van der Waals surface area contributed by atoms with E-state index in [1.165, 1.54) is 71.5 Å². The minimum atomic E-state index is -2.79. The van der Waals surface area contributed by atoms with Gasteiger partial charge in [-0.2, -0.15) is 9.97 Å². The number of carbonyl (C=O) groups excluding carboxylic acids is 2. The van der Waals surface area contributed by atoms with E-state index >= 15 is 0 Å². The predicted molar refractivity (Wildman–Crippen MR) is 183 cm³/mol. The van der Waals surface area contributed by atoms with E-state index in [0.29, 0.717) is 23.5 Å².